The molecule has 1 aromatic heterocycles. The number of likely N-dealkylation sites (N-methyl/N-ethyl adjacent to an activating group) is 2. The van der Waals surface area contributed by atoms with Crippen LogP contribution in [0.25, 0.3) is 0 Å². The molecule has 0 fully saturated rings. The van der Waals surface area contributed by atoms with E-state index in [1.165, 1.54) is 0 Å². The predicted octanol–water partition coefficient (Wildman–Crippen LogP) is 0.999. The van der Waals surface area contributed by atoms with Gasteiger partial charge in [0, 0.05) is 24.3 Å². The van der Waals surface area contributed by atoms with Crippen molar-refractivity contribution in [2.45, 2.75) is 6.92 Å². The predicted molar refractivity (Wildman–Crippen MR) is 68.3 cm³/mol. The van der Waals surface area contributed by atoms with Crippen LogP contribution in [0.15, 0.2) is 16.7 Å². The molecule has 0 aliphatic carbocycles. The highest BCUT2D eigenvalue weighted by Crippen LogP contribution is 2.22. The summed E-state index contributed by atoms with van der Waals surface area (Å²) in [6.07, 6.45) is 1.65. The van der Waals surface area contributed by atoms with Gasteiger partial charge in [0.1, 0.15) is 0 Å². The number of nitrogens with two attached hydrogens (primary N) is 1. The molecule has 1 rings (SSSR count). The molecule has 0 aliphatic heterocycles. The molecule has 16 heavy (non-hydrogen) atoms. The van der Waals surface area contributed by atoms with E-state index in [9.17, 15) is 4.79 Å². The second-order valence-electron chi connectivity index (χ2n) is 3.38. The Morgan fingerprint density at radius 1 is 1.69 bits per heavy atom. The lowest BCUT2D eigenvalue weighted by Crippen LogP contribution is -2.35. The number of nitrogens with one attached hydrogen (secondary N) is 1. The monoisotopic (exact) mass is 286 g/mol. The van der Waals surface area contributed by atoms with Gasteiger partial charge in [-0.2, -0.15) is 0 Å². The molecule has 0 aliphatic rings. The smallest absolute Gasteiger partial charge is 0.239 e. The van der Waals surface area contributed by atoms with Crippen molar-refractivity contribution in [1.82, 2.24) is 10.3 Å². The van der Waals surface area contributed by atoms with Gasteiger partial charge >= 0.3 is 0 Å². The van der Waals surface area contributed by atoms with Crippen LogP contribution in [0, 0.1) is 0 Å². The number of pyridine rings is 1. The molecule has 3 N–H and O–H groups in total. The summed E-state index contributed by atoms with van der Waals surface area (Å²) in [7, 11) is 1.78. The molecule has 0 saturated heterocycles. The van der Waals surface area contributed by atoms with E-state index < -0.39 is 0 Å². The Hall–Kier alpha value is -1.30. The average Bonchev–Trinajstić information content (AvgIpc) is 2.17. The van der Waals surface area contributed by atoms with Gasteiger partial charge in [0.25, 0.3) is 0 Å². The molecule has 6 heteroatoms. The first-order chi connectivity index (χ1) is 7.54. The number of nitrogen functional groups attached to an aromatic ring is 1. The summed E-state index contributed by atoms with van der Waals surface area (Å²) in [6.45, 7) is 2.74. The van der Waals surface area contributed by atoms with Gasteiger partial charge in [0.05, 0.1) is 12.2 Å². The molecule has 0 radical (unpaired) electrons. The summed E-state index contributed by atoms with van der Waals surface area (Å²) < 4.78 is 0.820. The molecule has 1 aromatic rings. The number of carbonyl (C=O) groups is 1. The number of hydrogen-bond donors (Lipinski definition) is 2. The van der Waals surface area contributed by atoms with Gasteiger partial charge < -0.3 is 16.0 Å². The van der Waals surface area contributed by atoms with E-state index in [0.717, 1.165) is 4.47 Å². The lowest BCUT2D eigenvalue weighted by atomic mass is 10.3. The first-order valence-electron chi connectivity index (χ1n) is 4.93. The topological polar surface area (TPSA) is 71.2 Å². The normalized spacial score (nSPS) is 9.94. The maximum absolute atomic E-state index is 11.4. The third-order valence-corrected chi connectivity index (χ3v) is 2.41. The minimum absolute atomic E-state index is 0.0471. The quantitative estimate of drug-likeness (QED) is 0.866. The zero-order valence-corrected chi connectivity index (χ0v) is 10.9. The summed E-state index contributed by atoms with van der Waals surface area (Å²) in [5.74, 6) is 0.559. The molecule has 1 amide bonds. The molecule has 1 heterocycles. The van der Waals surface area contributed by atoms with Gasteiger partial charge in [-0.15, -0.1) is 0 Å². The van der Waals surface area contributed by atoms with Crippen LogP contribution in [0.1, 0.15) is 6.92 Å². The second kappa shape index (κ2) is 5.69. The molecular formula is C10H15BrN4O. The lowest BCUT2D eigenvalue weighted by Gasteiger charge is -2.19. The zero-order chi connectivity index (χ0) is 12.1. The Morgan fingerprint density at radius 2 is 2.38 bits per heavy atom. The van der Waals surface area contributed by atoms with Crippen molar-refractivity contribution in [2.24, 2.45) is 0 Å². The summed E-state index contributed by atoms with van der Waals surface area (Å²) in [5.41, 5.74) is 6.35. The van der Waals surface area contributed by atoms with Crippen LogP contribution < -0.4 is 16.0 Å². The Labute approximate surface area is 103 Å². The highest BCUT2D eigenvalue weighted by Gasteiger charge is 2.10. The standard InChI is InChI=1S/C10H15BrN4O/c1-3-13-9(16)6-15(2)10-8(12)4-7(11)5-14-10/h4-5H,3,6,12H2,1-2H3,(H,13,16). The van der Waals surface area contributed by atoms with Crippen molar-refractivity contribution in [3.05, 3.63) is 16.7 Å². The Kier molecular flexibility index (Phi) is 4.54. The van der Waals surface area contributed by atoms with E-state index in [1.54, 1.807) is 24.2 Å². The van der Waals surface area contributed by atoms with Gasteiger partial charge in [-0.3, -0.25) is 4.79 Å². The van der Waals surface area contributed by atoms with Gasteiger partial charge in [-0.1, -0.05) is 0 Å². The minimum atomic E-state index is -0.0471. The highest BCUT2D eigenvalue weighted by atomic mass is 79.9. The van der Waals surface area contributed by atoms with Crippen molar-refractivity contribution < 1.29 is 4.79 Å². The molecule has 0 atom stereocenters. The summed E-state index contributed by atoms with van der Waals surface area (Å²) in [6, 6.07) is 1.76. The van der Waals surface area contributed by atoms with Crippen LogP contribution in [-0.4, -0.2) is 31.0 Å². The molecule has 0 bridgehead atoms. The van der Waals surface area contributed by atoms with Crippen LogP contribution in [0.3, 0.4) is 0 Å². The van der Waals surface area contributed by atoms with Gasteiger partial charge in [-0.25, -0.2) is 4.98 Å². The molecule has 0 saturated carbocycles. The molecular weight excluding hydrogens is 272 g/mol. The largest absolute Gasteiger partial charge is 0.396 e. The first-order valence-corrected chi connectivity index (χ1v) is 5.72. The van der Waals surface area contributed by atoms with Crippen molar-refractivity contribution in [3.8, 4) is 0 Å². The number of amides is 1. The Morgan fingerprint density at radius 3 is 2.94 bits per heavy atom. The Bertz CT molecular complexity index is 383. The molecule has 0 unspecified atom stereocenters. The van der Waals surface area contributed by atoms with E-state index in [1.807, 2.05) is 6.92 Å². The van der Waals surface area contributed by atoms with Crippen LogP contribution >= 0.6 is 15.9 Å². The number of rotatable bonds is 4. The minimum Gasteiger partial charge on any atom is -0.396 e. The third-order valence-electron chi connectivity index (χ3n) is 1.98. The van der Waals surface area contributed by atoms with E-state index in [2.05, 4.69) is 26.2 Å². The van der Waals surface area contributed by atoms with Crippen LogP contribution in [0.4, 0.5) is 11.5 Å². The van der Waals surface area contributed by atoms with Crippen molar-refractivity contribution >= 4 is 33.3 Å². The van der Waals surface area contributed by atoms with Crippen LogP contribution in [0.2, 0.25) is 0 Å². The number of hydrogen-bond acceptors (Lipinski definition) is 4. The Balaban J connectivity index is 2.72. The number of carbonyl (C=O) groups excluding carboxylic acids is 1. The summed E-state index contributed by atoms with van der Waals surface area (Å²) in [5, 5.41) is 2.72. The van der Waals surface area contributed by atoms with E-state index in [0.29, 0.717) is 18.1 Å². The maximum Gasteiger partial charge on any atom is 0.239 e. The van der Waals surface area contributed by atoms with Gasteiger partial charge in [-0.05, 0) is 28.9 Å². The van der Waals surface area contributed by atoms with Crippen LogP contribution in [0.5, 0.6) is 0 Å². The third kappa shape index (κ3) is 3.37. The molecule has 88 valence electrons. The fourth-order valence-electron chi connectivity index (χ4n) is 1.31. The summed E-state index contributed by atoms with van der Waals surface area (Å²) in [4.78, 5) is 17.3. The van der Waals surface area contributed by atoms with Crippen molar-refractivity contribution in [3.63, 3.8) is 0 Å². The fraction of sp³-hybridized carbons (Fsp3) is 0.400. The van der Waals surface area contributed by atoms with Crippen molar-refractivity contribution in [2.75, 3.05) is 30.8 Å². The highest BCUT2D eigenvalue weighted by molar-refractivity contribution is 9.10. The fourth-order valence-corrected chi connectivity index (χ4v) is 1.66. The van der Waals surface area contributed by atoms with E-state index in [-0.39, 0.29) is 12.5 Å². The second-order valence-corrected chi connectivity index (χ2v) is 4.29. The van der Waals surface area contributed by atoms with E-state index >= 15 is 0 Å². The molecule has 5 nitrogen and oxygen atoms in total. The number of halogens is 1. The van der Waals surface area contributed by atoms with Crippen LogP contribution in [-0.2, 0) is 4.79 Å². The summed E-state index contributed by atoms with van der Waals surface area (Å²) >= 11 is 3.28. The average molecular weight is 287 g/mol. The zero-order valence-electron chi connectivity index (χ0n) is 9.33. The van der Waals surface area contributed by atoms with Crippen molar-refractivity contribution in [1.29, 1.82) is 0 Å². The van der Waals surface area contributed by atoms with E-state index in [4.69, 9.17) is 5.73 Å². The lowest BCUT2D eigenvalue weighted by molar-refractivity contribution is -0.119. The molecule has 0 aromatic carbocycles. The number of aromatic nitrogens is 1. The van der Waals surface area contributed by atoms with Gasteiger partial charge in [0.15, 0.2) is 5.82 Å². The maximum atomic E-state index is 11.4. The number of nitrogens with zero attached hydrogens (tertiary/aromatic N) is 2. The van der Waals surface area contributed by atoms with Gasteiger partial charge in [0.2, 0.25) is 5.91 Å². The molecule has 0 spiro atoms. The SMILES string of the molecule is CCNC(=O)CN(C)c1ncc(Br)cc1N. The first kappa shape index (κ1) is 12.8. The number of anilines is 2.